The lowest BCUT2D eigenvalue weighted by Gasteiger charge is -2.15. The van der Waals surface area contributed by atoms with Crippen molar-refractivity contribution in [2.45, 2.75) is 13.0 Å². The zero-order chi connectivity index (χ0) is 15.0. The molecule has 0 spiro atoms. The fraction of sp³-hybridized carbons (Fsp3) is 0.118. The Labute approximate surface area is 132 Å². The second-order valence-corrected chi connectivity index (χ2v) is 5.79. The number of para-hydroxylation sites is 1. The van der Waals surface area contributed by atoms with E-state index in [4.69, 9.17) is 23.2 Å². The number of ketones is 1. The molecule has 3 rings (SSSR count). The van der Waals surface area contributed by atoms with Crippen LogP contribution >= 0.6 is 23.2 Å². The van der Waals surface area contributed by atoms with Crippen molar-refractivity contribution in [2.24, 2.45) is 0 Å². The van der Waals surface area contributed by atoms with Gasteiger partial charge in [-0.3, -0.25) is 4.79 Å². The molecule has 2 nitrogen and oxygen atoms in total. The molecule has 1 atom stereocenters. The number of hydrogen-bond acceptors (Lipinski definition) is 1. The van der Waals surface area contributed by atoms with Crippen molar-refractivity contribution < 1.29 is 4.79 Å². The van der Waals surface area contributed by atoms with Gasteiger partial charge in [0.1, 0.15) is 0 Å². The number of benzene rings is 2. The molecule has 0 amide bonds. The molecule has 2 aromatic carbocycles. The van der Waals surface area contributed by atoms with E-state index in [1.54, 1.807) is 18.2 Å². The maximum Gasteiger partial charge on any atom is 0.186 e. The molecule has 21 heavy (non-hydrogen) atoms. The first-order valence-corrected chi connectivity index (χ1v) is 7.38. The number of rotatable bonds is 3. The van der Waals surface area contributed by atoms with Gasteiger partial charge in [0.05, 0.1) is 11.1 Å². The van der Waals surface area contributed by atoms with Gasteiger partial charge < -0.3 is 4.57 Å². The van der Waals surface area contributed by atoms with Crippen molar-refractivity contribution in [1.82, 2.24) is 4.57 Å². The summed E-state index contributed by atoms with van der Waals surface area (Å²) in [5.74, 6) is -0.0296. The van der Waals surface area contributed by atoms with Crippen LogP contribution in [0.4, 0.5) is 0 Å². The molecule has 1 unspecified atom stereocenters. The summed E-state index contributed by atoms with van der Waals surface area (Å²) in [4.78, 5) is 12.7. The smallest absolute Gasteiger partial charge is 0.186 e. The Balaban J connectivity index is 2.01. The summed E-state index contributed by atoms with van der Waals surface area (Å²) >= 11 is 12.0. The molecule has 0 fully saturated rings. The highest BCUT2D eigenvalue weighted by molar-refractivity contribution is 6.37. The van der Waals surface area contributed by atoms with Crippen LogP contribution < -0.4 is 0 Å². The number of aromatic nitrogens is 1. The van der Waals surface area contributed by atoms with Crippen molar-refractivity contribution in [3.05, 3.63) is 70.3 Å². The van der Waals surface area contributed by atoms with Crippen molar-refractivity contribution in [2.75, 3.05) is 0 Å². The van der Waals surface area contributed by atoms with Gasteiger partial charge in [0.15, 0.2) is 5.78 Å². The first-order chi connectivity index (χ1) is 10.1. The number of Topliss-reactive ketones (excluding diaryl/α,β-unsaturated/α-hetero) is 1. The second kappa shape index (κ2) is 5.55. The van der Waals surface area contributed by atoms with Crippen LogP contribution in [-0.2, 0) is 0 Å². The first kappa shape index (κ1) is 14.2. The van der Waals surface area contributed by atoms with E-state index in [2.05, 4.69) is 0 Å². The molecule has 0 aliphatic carbocycles. The highest BCUT2D eigenvalue weighted by Crippen LogP contribution is 2.27. The Morgan fingerprint density at radius 1 is 1.10 bits per heavy atom. The third kappa shape index (κ3) is 2.57. The Kier molecular flexibility index (Phi) is 3.75. The predicted octanol–water partition coefficient (Wildman–Crippen LogP) is 5.39. The van der Waals surface area contributed by atoms with Gasteiger partial charge in [-0.15, -0.1) is 0 Å². The zero-order valence-corrected chi connectivity index (χ0v) is 12.9. The number of nitrogens with zero attached hydrogens (tertiary/aromatic N) is 1. The quantitative estimate of drug-likeness (QED) is 0.593. The summed E-state index contributed by atoms with van der Waals surface area (Å²) in [6, 6.07) is 14.6. The number of hydrogen-bond donors (Lipinski definition) is 0. The highest BCUT2D eigenvalue weighted by atomic mass is 35.5. The van der Waals surface area contributed by atoms with Gasteiger partial charge in [-0.2, -0.15) is 0 Å². The monoisotopic (exact) mass is 317 g/mol. The largest absolute Gasteiger partial charge is 0.337 e. The van der Waals surface area contributed by atoms with Gasteiger partial charge in [0.2, 0.25) is 0 Å². The molecule has 0 N–H and O–H groups in total. The van der Waals surface area contributed by atoms with Gasteiger partial charge in [0, 0.05) is 22.3 Å². The Morgan fingerprint density at radius 2 is 1.86 bits per heavy atom. The topological polar surface area (TPSA) is 22.0 Å². The first-order valence-electron chi connectivity index (χ1n) is 6.63. The van der Waals surface area contributed by atoms with Crippen LogP contribution in [0.5, 0.6) is 0 Å². The maximum absolute atomic E-state index is 12.7. The minimum absolute atomic E-state index is 0.0296. The van der Waals surface area contributed by atoms with Crippen LogP contribution in [0, 0.1) is 0 Å². The van der Waals surface area contributed by atoms with Crippen LogP contribution in [-0.4, -0.2) is 10.4 Å². The summed E-state index contributed by atoms with van der Waals surface area (Å²) in [5.41, 5.74) is 1.52. The van der Waals surface area contributed by atoms with Crippen LogP contribution in [0.25, 0.3) is 10.9 Å². The van der Waals surface area contributed by atoms with Crippen molar-refractivity contribution in [3.8, 4) is 0 Å². The van der Waals surface area contributed by atoms with E-state index in [1.807, 2.05) is 48.0 Å². The van der Waals surface area contributed by atoms with Gasteiger partial charge in [-0.05, 0) is 42.6 Å². The minimum Gasteiger partial charge on any atom is -0.337 e. The lowest BCUT2D eigenvalue weighted by molar-refractivity contribution is 0.0937. The van der Waals surface area contributed by atoms with Gasteiger partial charge in [0.25, 0.3) is 0 Å². The van der Waals surface area contributed by atoms with Gasteiger partial charge in [-0.25, -0.2) is 0 Å². The number of halogens is 2. The highest BCUT2D eigenvalue weighted by Gasteiger charge is 2.20. The fourth-order valence-corrected chi connectivity index (χ4v) is 2.98. The molecule has 0 saturated heterocycles. The molecule has 4 heteroatoms. The Bertz CT molecular complexity index is 823. The molecule has 0 aliphatic rings. The molecule has 0 aliphatic heterocycles. The summed E-state index contributed by atoms with van der Waals surface area (Å²) in [5, 5.41) is 2.02. The Morgan fingerprint density at radius 3 is 2.62 bits per heavy atom. The van der Waals surface area contributed by atoms with Crippen LogP contribution in [0.1, 0.15) is 23.3 Å². The van der Waals surface area contributed by atoms with Crippen molar-refractivity contribution in [3.63, 3.8) is 0 Å². The van der Waals surface area contributed by atoms with E-state index in [1.165, 1.54) is 0 Å². The average molecular weight is 318 g/mol. The summed E-state index contributed by atoms with van der Waals surface area (Å²) in [6.45, 7) is 1.87. The third-order valence-electron chi connectivity index (χ3n) is 3.62. The summed E-state index contributed by atoms with van der Waals surface area (Å²) in [6.07, 6.45) is 1.93. The van der Waals surface area contributed by atoms with E-state index < -0.39 is 0 Å². The molecular formula is C17H13Cl2NO. The van der Waals surface area contributed by atoms with E-state index in [0.29, 0.717) is 15.6 Å². The molecule has 1 aromatic heterocycles. The fourth-order valence-electron chi connectivity index (χ4n) is 2.48. The van der Waals surface area contributed by atoms with E-state index in [-0.39, 0.29) is 11.8 Å². The molecule has 1 heterocycles. The molecule has 0 bridgehead atoms. The number of carbonyl (C=O) groups is 1. The number of carbonyl (C=O) groups excluding carboxylic acids is 1. The van der Waals surface area contributed by atoms with Crippen LogP contribution in [0.15, 0.2) is 54.7 Å². The minimum atomic E-state index is -0.330. The average Bonchev–Trinajstić information content (AvgIpc) is 2.90. The van der Waals surface area contributed by atoms with Gasteiger partial charge in [-0.1, -0.05) is 41.4 Å². The molecule has 106 valence electrons. The van der Waals surface area contributed by atoms with E-state index in [9.17, 15) is 4.79 Å². The molecular weight excluding hydrogens is 305 g/mol. The molecule has 0 radical (unpaired) electrons. The summed E-state index contributed by atoms with van der Waals surface area (Å²) in [7, 11) is 0. The third-order valence-corrected chi connectivity index (χ3v) is 4.17. The summed E-state index contributed by atoms with van der Waals surface area (Å²) < 4.78 is 1.96. The predicted molar refractivity (Wildman–Crippen MR) is 87.4 cm³/mol. The SMILES string of the molecule is CC(C(=O)c1ccc(Cl)cc1Cl)n1ccc2ccccc21. The van der Waals surface area contributed by atoms with Crippen LogP contribution in [0.2, 0.25) is 10.0 Å². The maximum atomic E-state index is 12.7. The van der Waals surface area contributed by atoms with E-state index >= 15 is 0 Å². The zero-order valence-electron chi connectivity index (χ0n) is 11.4. The lowest BCUT2D eigenvalue weighted by atomic mass is 10.1. The standard InChI is InChI=1S/C17H13Cl2NO/c1-11(17(21)14-7-6-13(18)10-15(14)19)20-9-8-12-4-2-3-5-16(12)20/h2-11H,1H3. The van der Waals surface area contributed by atoms with Crippen molar-refractivity contribution >= 4 is 39.9 Å². The van der Waals surface area contributed by atoms with Gasteiger partial charge >= 0.3 is 0 Å². The van der Waals surface area contributed by atoms with E-state index in [0.717, 1.165) is 10.9 Å². The molecule has 0 saturated carbocycles. The molecule has 3 aromatic rings. The lowest BCUT2D eigenvalue weighted by Crippen LogP contribution is -2.16. The Hall–Kier alpha value is -1.77. The number of fused-ring (bicyclic) bond motifs is 1. The van der Waals surface area contributed by atoms with Crippen molar-refractivity contribution in [1.29, 1.82) is 0 Å². The second-order valence-electron chi connectivity index (χ2n) is 4.95. The van der Waals surface area contributed by atoms with Crippen LogP contribution in [0.3, 0.4) is 0 Å². The normalized spacial score (nSPS) is 12.5.